The summed E-state index contributed by atoms with van der Waals surface area (Å²) in [5.74, 6) is -0.0647. The summed E-state index contributed by atoms with van der Waals surface area (Å²) >= 11 is 0. The number of ether oxygens (including phenoxy) is 1. The van der Waals surface area contributed by atoms with Crippen molar-refractivity contribution in [3.8, 4) is 16.9 Å². The Labute approximate surface area is 233 Å². The topological polar surface area (TPSA) is 117 Å². The van der Waals surface area contributed by atoms with Gasteiger partial charge in [-0.05, 0) is 92.0 Å². The number of likely N-dealkylation sites (N-methyl/N-ethyl adjacent to an activating group) is 1. The molecule has 2 aliphatic heterocycles. The quantitative estimate of drug-likeness (QED) is 0.286. The lowest BCUT2D eigenvalue weighted by Crippen LogP contribution is -2.31. The lowest BCUT2D eigenvalue weighted by Gasteiger charge is -2.20. The minimum Gasteiger partial charge on any atom is -0.490 e. The Morgan fingerprint density at radius 1 is 1.00 bits per heavy atom. The van der Waals surface area contributed by atoms with Gasteiger partial charge in [-0.25, -0.2) is 0 Å². The number of nitrogens with zero attached hydrogens (tertiary/aromatic N) is 3. The molecule has 0 aromatic heterocycles. The molecule has 0 atom stereocenters. The van der Waals surface area contributed by atoms with Crippen LogP contribution in [0.1, 0.15) is 35.2 Å². The van der Waals surface area contributed by atoms with E-state index in [0.717, 1.165) is 49.3 Å². The maximum atomic E-state index is 13.1. The lowest BCUT2D eigenvalue weighted by molar-refractivity contribution is -0.385. The highest BCUT2D eigenvalue weighted by molar-refractivity contribution is 6.12. The summed E-state index contributed by atoms with van der Waals surface area (Å²) in [6.45, 7) is 4.05. The molecule has 0 unspecified atom stereocenters. The molecule has 0 spiro atoms. The molecule has 208 valence electrons. The molecule has 10 heteroatoms. The predicted molar refractivity (Wildman–Crippen MR) is 154 cm³/mol. The molecule has 10 nitrogen and oxygen atoms in total. The molecule has 3 aromatic rings. The predicted octanol–water partition coefficient (Wildman–Crippen LogP) is 5.07. The lowest BCUT2D eigenvalue weighted by atomic mass is 10.0. The Balaban J connectivity index is 1.29. The van der Waals surface area contributed by atoms with Crippen molar-refractivity contribution in [3.05, 3.63) is 75.8 Å². The van der Waals surface area contributed by atoms with E-state index in [2.05, 4.69) is 15.5 Å². The molecule has 5 rings (SSSR count). The second-order valence-corrected chi connectivity index (χ2v) is 10.3. The van der Waals surface area contributed by atoms with Crippen LogP contribution >= 0.6 is 0 Å². The molecule has 2 N–H and O–H groups in total. The number of benzene rings is 3. The number of carbonyl (C=O) groups is 2. The molecule has 2 aliphatic rings. The Hall–Kier alpha value is -4.44. The maximum Gasteiger partial charge on any atom is 0.310 e. The van der Waals surface area contributed by atoms with E-state index in [0.29, 0.717) is 22.6 Å². The van der Waals surface area contributed by atoms with E-state index < -0.39 is 4.92 Å². The summed E-state index contributed by atoms with van der Waals surface area (Å²) in [5.41, 5.74) is 4.57. The van der Waals surface area contributed by atoms with Gasteiger partial charge >= 0.3 is 5.69 Å². The monoisotopic (exact) mass is 543 g/mol. The first-order valence-corrected chi connectivity index (χ1v) is 13.5. The summed E-state index contributed by atoms with van der Waals surface area (Å²) in [4.78, 5) is 40.9. The van der Waals surface area contributed by atoms with E-state index in [1.807, 2.05) is 31.3 Å². The van der Waals surface area contributed by atoms with Crippen LogP contribution in [0.4, 0.5) is 22.7 Å². The summed E-state index contributed by atoms with van der Waals surface area (Å²) in [6, 6.07) is 15.6. The van der Waals surface area contributed by atoms with Gasteiger partial charge < -0.3 is 25.2 Å². The Bertz CT molecular complexity index is 1450. The molecule has 0 aliphatic carbocycles. The van der Waals surface area contributed by atoms with Crippen molar-refractivity contribution in [2.75, 3.05) is 51.0 Å². The van der Waals surface area contributed by atoms with Gasteiger partial charge in [0.1, 0.15) is 0 Å². The van der Waals surface area contributed by atoms with Gasteiger partial charge in [0.25, 0.3) is 5.91 Å². The summed E-state index contributed by atoms with van der Waals surface area (Å²) < 4.78 is 5.21. The maximum absolute atomic E-state index is 13.1. The second kappa shape index (κ2) is 11.7. The number of rotatable bonds is 9. The highest BCUT2D eigenvalue weighted by Gasteiger charge is 2.22. The van der Waals surface area contributed by atoms with Gasteiger partial charge in [-0.15, -0.1) is 0 Å². The summed E-state index contributed by atoms with van der Waals surface area (Å²) in [6.07, 6.45) is 3.74. The van der Waals surface area contributed by atoms with E-state index in [1.54, 1.807) is 29.2 Å². The largest absolute Gasteiger partial charge is 0.490 e. The second-order valence-electron chi connectivity index (χ2n) is 10.3. The van der Waals surface area contributed by atoms with Gasteiger partial charge in [-0.1, -0.05) is 12.1 Å². The van der Waals surface area contributed by atoms with Crippen molar-refractivity contribution in [1.29, 1.82) is 0 Å². The number of carbonyl (C=O) groups excluding carboxylic acids is 2. The third-order valence-electron chi connectivity index (χ3n) is 7.52. The third-order valence-corrected chi connectivity index (χ3v) is 7.52. The van der Waals surface area contributed by atoms with Gasteiger partial charge in [0, 0.05) is 19.7 Å². The number of likely N-dealkylation sites (tertiary alicyclic amines) is 1. The van der Waals surface area contributed by atoms with E-state index in [-0.39, 0.29) is 29.7 Å². The first kappa shape index (κ1) is 27.1. The van der Waals surface area contributed by atoms with Crippen LogP contribution < -0.4 is 15.4 Å². The van der Waals surface area contributed by atoms with Crippen molar-refractivity contribution in [1.82, 2.24) is 9.80 Å². The molecule has 3 aromatic carbocycles. The first-order chi connectivity index (χ1) is 19.3. The average molecular weight is 544 g/mol. The summed E-state index contributed by atoms with van der Waals surface area (Å²) in [5, 5.41) is 17.6. The number of hydrogen-bond acceptors (Lipinski definition) is 7. The van der Waals surface area contributed by atoms with Crippen molar-refractivity contribution in [3.63, 3.8) is 0 Å². The van der Waals surface area contributed by atoms with Crippen LogP contribution in [0.3, 0.4) is 0 Å². The number of nitro groups is 1. The normalized spacial score (nSPS) is 14.4. The molecule has 0 radical (unpaired) electrons. The van der Waals surface area contributed by atoms with Crippen molar-refractivity contribution in [2.24, 2.45) is 0 Å². The van der Waals surface area contributed by atoms with Crippen LogP contribution in [0, 0.1) is 10.1 Å². The molecule has 2 amide bonds. The Morgan fingerprint density at radius 2 is 1.75 bits per heavy atom. The molecule has 0 saturated carbocycles. The molecule has 0 bridgehead atoms. The highest BCUT2D eigenvalue weighted by Crippen LogP contribution is 2.37. The van der Waals surface area contributed by atoms with E-state index in [1.165, 1.54) is 26.0 Å². The van der Waals surface area contributed by atoms with Gasteiger partial charge in [0.15, 0.2) is 5.75 Å². The van der Waals surface area contributed by atoms with Crippen LogP contribution in [-0.4, -0.2) is 66.9 Å². The van der Waals surface area contributed by atoms with Crippen LogP contribution in [0.5, 0.6) is 5.75 Å². The molecular formula is C30H33N5O5. The number of amides is 2. The molecular weight excluding hydrogens is 510 g/mol. The zero-order chi connectivity index (χ0) is 28.2. The van der Waals surface area contributed by atoms with Crippen molar-refractivity contribution >= 4 is 34.6 Å². The number of methoxy groups -OCH3 is 1. The molecule has 1 saturated heterocycles. The number of fused-ring (bicyclic) bond motifs is 2. The Morgan fingerprint density at radius 3 is 2.50 bits per heavy atom. The average Bonchev–Trinajstić information content (AvgIpc) is 3.42. The van der Waals surface area contributed by atoms with Crippen molar-refractivity contribution in [2.45, 2.75) is 25.7 Å². The standard InChI is InChI=1S/C30H33N5O5/c1-33(12-5-15-34-13-3-4-14-34)29(36)17-20-6-10-24-26(16-20)32-30(37)23-9-7-21(18-25(23)31-24)22-8-11-27(35(38)39)28(19-22)40-2/h6-11,16,18-19,31H,3-5,12-15,17H2,1-2H3,(H,32,37). The zero-order valence-corrected chi connectivity index (χ0v) is 22.7. The summed E-state index contributed by atoms with van der Waals surface area (Å²) in [7, 11) is 3.23. The Kier molecular flexibility index (Phi) is 7.97. The number of hydrogen-bond donors (Lipinski definition) is 2. The van der Waals surface area contributed by atoms with E-state index in [4.69, 9.17) is 4.74 Å². The van der Waals surface area contributed by atoms with E-state index in [9.17, 15) is 19.7 Å². The SMILES string of the molecule is COc1cc(-c2ccc3c(c2)Nc2ccc(CC(=O)N(C)CCCN4CCCC4)cc2NC3=O)ccc1[N+](=O)[O-]. The van der Waals surface area contributed by atoms with Gasteiger partial charge in [-0.3, -0.25) is 19.7 Å². The number of nitro benzene ring substituents is 1. The minimum absolute atomic E-state index is 0.0423. The highest BCUT2D eigenvalue weighted by atomic mass is 16.6. The number of nitrogens with one attached hydrogen (secondary N) is 2. The zero-order valence-electron chi connectivity index (χ0n) is 22.7. The van der Waals surface area contributed by atoms with Crippen LogP contribution in [0.2, 0.25) is 0 Å². The molecule has 40 heavy (non-hydrogen) atoms. The third kappa shape index (κ3) is 5.91. The van der Waals surface area contributed by atoms with Gasteiger partial charge in [-0.2, -0.15) is 0 Å². The minimum atomic E-state index is -0.488. The first-order valence-electron chi connectivity index (χ1n) is 13.5. The van der Waals surface area contributed by atoms with Crippen molar-refractivity contribution < 1.29 is 19.2 Å². The van der Waals surface area contributed by atoms with Crippen LogP contribution in [-0.2, 0) is 11.2 Å². The van der Waals surface area contributed by atoms with Gasteiger partial charge in [0.2, 0.25) is 5.91 Å². The molecule has 2 heterocycles. The number of anilines is 3. The molecule has 1 fully saturated rings. The van der Waals surface area contributed by atoms with Crippen LogP contribution in [0.15, 0.2) is 54.6 Å². The van der Waals surface area contributed by atoms with Crippen LogP contribution in [0.25, 0.3) is 11.1 Å². The fourth-order valence-electron chi connectivity index (χ4n) is 5.25. The fraction of sp³-hybridized carbons (Fsp3) is 0.333. The van der Waals surface area contributed by atoms with E-state index >= 15 is 0 Å². The van der Waals surface area contributed by atoms with Gasteiger partial charge in [0.05, 0.1) is 41.1 Å². The fourth-order valence-corrected chi connectivity index (χ4v) is 5.25. The smallest absolute Gasteiger partial charge is 0.310 e.